The van der Waals surface area contributed by atoms with Crippen LogP contribution in [0.4, 0.5) is 5.82 Å². The molecular weight excluding hydrogens is 520 g/mol. The summed E-state index contributed by atoms with van der Waals surface area (Å²) in [6.45, 7) is 5.18. The number of aryl methyl sites for hydroxylation is 2. The Morgan fingerprint density at radius 1 is 1.34 bits per heavy atom. The van der Waals surface area contributed by atoms with E-state index in [0.29, 0.717) is 34.3 Å². The number of hydrogen-bond donors (Lipinski definition) is 2. The lowest BCUT2D eigenvalue weighted by Crippen LogP contribution is -2.27. The van der Waals surface area contributed by atoms with Crippen molar-refractivity contribution in [3.05, 3.63) is 50.9 Å². The summed E-state index contributed by atoms with van der Waals surface area (Å²) in [5, 5.41) is 12.1. The molecule has 0 radical (unpaired) electrons. The molecule has 9 nitrogen and oxygen atoms in total. The molecule has 0 bridgehead atoms. The Morgan fingerprint density at radius 3 is 2.84 bits per heavy atom. The highest BCUT2D eigenvalue weighted by atomic mass is 35.5. The van der Waals surface area contributed by atoms with Crippen LogP contribution in [0.3, 0.4) is 0 Å². The summed E-state index contributed by atoms with van der Waals surface area (Å²) in [4.78, 5) is 31.2. The van der Waals surface area contributed by atoms with Crippen LogP contribution in [0.1, 0.15) is 31.0 Å². The fourth-order valence-corrected chi connectivity index (χ4v) is 6.08. The fourth-order valence-electron chi connectivity index (χ4n) is 4.94. The van der Waals surface area contributed by atoms with E-state index < -0.39 is 0 Å². The van der Waals surface area contributed by atoms with Crippen LogP contribution in [0.2, 0.25) is 5.02 Å². The summed E-state index contributed by atoms with van der Waals surface area (Å²) in [7, 11) is 4.06. The van der Waals surface area contributed by atoms with E-state index >= 15 is 0 Å². The molecule has 1 aromatic carbocycles. The second-order valence-electron chi connectivity index (χ2n) is 9.93. The van der Waals surface area contributed by atoms with Gasteiger partial charge >= 0.3 is 0 Å². The van der Waals surface area contributed by atoms with E-state index in [2.05, 4.69) is 20.9 Å². The molecule has 0 spiro atoms. The first-order valence-electron chi connectivity index (χ1n) is 12.8. The number of anilines is 1. The monoisotopic (exact) mass is 550 g/mol. The summed E-state index contributed by atoms with van der Waals surface area (Å²) in [5.74, 6) is 0.780. The van der Waals surface area contributed by atoms with Crippen molar-refractivity contribution in [2.75, 3.05) is 38.6 Å². The highest BCUT2D eigenvalue weighted by molar-refractivity contribution is 7.99. The first-order chi connectivity index (χ1) is 18.3. The molecule has 1 saturated heterocycles. The number of benzene rings is 1. The molecule has 1 aliphatic heterocycles. The molecule has 198 valence electrons. The van der Waals surface area contributed by atoms with Crippen molar-refractivity contribution in [2.45, 2.75) is 48.8 Å². The first kappa shape index (κ1) is 26.5. The molecular formula is C27H31ClN8OS. The van der Waals surface area contributed by atoms with E-state index in [-0.39, 0.29) is 17.0 Å². The minimum Gasteiger partial charge on any atom is -0.354 e. The molecule has 1 fully saturated rings. The Kier molecular flexibility index (Phi) is 7.63. The number of aromatic nitrogens is 4. The number of fused-ring (bicyclic) bond motifs is 2. The fraction of sp³-hybridized carbons (Fsp3) is 0.407. The van der Waals surface area contributed by atoms with E-state index in [0.717, 1.165) is 59.7 Å². The molecule has 3 N–H and O–H groups in total. The van der Waals surface area contributed by atoms with Crippen molar-refractivity contribution in [2.24, 2.45) is 5.73 Å². The number of H-pyrrole nitrogens is 1. The quantitative estimate of drug-likeness (QED) is 0.316. The largest absolute Gasteiger partial charge is 0.354 e. The molecule has 0 aliphatic carbocycles. The molecule has 4 aromatic rings. The van der Waals surface area contributed by atoms with Crippen LogP contribution in [-0.4, -0.2) is 64.2 Å². The predicted molar refractivity (Wildman–Crippen MR) is 153 cm³/mol. The van der Waals surface area contributed by atoms with Crippen LogP contribution >= 0.6 is 23.4 Å². The van der Waals surface area contributed by atoms with Gasteiger partial charge in [-0.3, -0.25) is 4.79 Å². The lowest BCUT2D eigenvalue weighted by molar-refractivity contribution is 0.387. The standard InChI is InChI=1S/C27H31ClN8OS/c1-4-20-23(28)22-25(31-20)32-27(33-26(22)36-11-8-17(30)15-36)38-18-6-7-21-19(12-18)24(37)16(13-29)14-35(21)10-5-9-34(2)3/h6-7,12,14,17H,4-5,8-11,15,30H2,1-3H3,(H,31,32,33)/t17-/m1/s1. The molecule has 1 atom stereocenters. The molecule has 5 rings (SSSR count). The van der Waals surface area contributed by atoms with Crippen LogP contribution in [0.25, 0.3) is 21.9 Å². The zero-order valence-electron chi connectivity index (χ0n) is 21.8. The van der Waals surface area contributed by atoms with Gasteiger partial charge in [-0.15, -0.1) is 0 Å². The number of nitrogens with two attached hydrogens (primary N) is 1. The number of rotatable bonds is 8. The molecule has 4 heterocycles. The third-order valence-electron chi connectivity index (χ3n) is 6.89. The van der Waals surface area contributed by atoms with Gasteiger partial charge in [0.05, 0.1) is 15.9 Å². The highest BCUT2D eigenvalue weighted by Crippen LogP contribution is 2.38. The predicted octanol–water partition coefficient (Wildman–Crippen LogP) is 4.00. The highest BCUT2D eigenvalue weighted by Gasteiger charge is 2.26. The Morgan fingerprint density at radius 2 is 2.16 bits per heavy atom. The summed E-state index contributed by atoms with van der Waals surface area (Å²) in [6.07, 6.45) is 4.21. The maximum Gasteiger partial charge on any atom is 0.207 e. The number of nitriles is 1. The Labute approximate surface area is 230 Å². The van der Waals surface area contributed by atoms with Gasteiger partial charge < -0.3 is 25.1 Å². The smallest absolute Gasteiger partial charge is 0.207 e. The normalized spacial score (nSPS) is 15.7. The number of hydrogen-bond acceptors (Lipinski definition) is 8. The summed E-state index contributed by atoms with van der Waals surface area (Å²) in [5.41, 5.74) is 8.50. The van der Waals surface area contributed by atoms with Gasteiger partial charge in [-0.1, -0.05) is 18.5 Å². The number of nitrogens with zero attached hydrogens (tertiary/aromatic N) is 6. The third kappa shape index (κ3) is 5.12. The van der Waals surface area contributed by atoms with Gasteiger partial charge in [0.2, 0.25) is 5.43 Å². The van der Waals surface area contributed by atoms with Crippen molar-refractivity contribution >= 4 is 51.1 Å². The van der Waals surface area contributed by atoms with Gasteiger partial charge in [-0.25, -0.2) is 9.97 Å². The lowest BCUT2D eigenvalue weighted by atomic mass is 10.1. The summed E-state index contributed by atoms with van der Waals surface area (Å²) >= 11 is 8.11. The Hall–Kier alpha value is -3.10. The van der Waals surface area contributed by atoms with E-state index in [9.17, 15) is 10.1 Å². The number of halogens is 1. The Balaban J connectivity index is 1.55. The molecule has 0 saturated carbocycles. The van der Waals surface area contributed by atoms with Crippen molar-refractivity contribution in [3.8, 4) is 6.07 Å². The maximum absolute atomic E-state index is 13.1. The summed E-state index contributed by atoms with van der Waals surface area (Å²) < 4.78 is 2.00. The van der Waals surface area contributed by atoms with Crippen molar-refractivity contribution in [1.29, 1.82) is 5.26 Å². The minimum absolute atomic E-state index is 0.0918. The van der Waals surface area contributed by atoms with Crippen LogP contribution in [0, 0.1) is 11.3 Å². The number of pyridine rings is 1. The SMILES string of the molecule is CCc1[nH]c2nc(Sc3ccc4c(c3)c(=O)c(C#N)cn4CCCN(C)C)nc(N3CC[C@@H](N)C3)c2c1Cl. The topological polar surface area (TPSA) is 120 Å². The first-order valence-corrected chi connectivity index (χ1v) is 14.0. The van der Waals surface area contributed by atoms with E-state index in [1.807, 2.05) is 43.8 Å². The van der Waals surface area contributed by atoms with Crippen molar-refractivity contribution in [3.63, 3.8) is 0 Å². The van der Waals surface area contributed by atoms with Crippen molar-refractivity contribution < 1.29 is 0 Å². The van der Waals surface area contributed by atoms with E-state index in [4.69, 9.17) is 27.3 Å². The van der Waals surface area contributed by atoms with Gasteiger partial charge in [0.15, 0.2) is 5.16 Å². The maximum atomic E-state index is 13.1. The van der Waals surface area contributed by atoms with Gasteiger partial charge in [-0.2, -0.15) is 5.26 Å². The molecule has 1 aliphatic rings. The zero-order valence-corrected chi connectivity index (χ0v) is 23.4. The minimum atomic E-state index is -0.263. The Bertz CT molecular complexity index is 1610. The lowest BCUT2D eigenvalue weighted by Gasteiger charge is -2.18. The zero-order chi connectivity index (χ0) is 27.0. The molecule has 38 heavy (non-hydrogen) atoms. The number of nitrogens with one attached hydrogen (secondary N) is 1. The van der Waals surface area contributed by atoms with Crippen LogP contribution in [0.5, 0.6) is 0 Å². The summed E-state index contributed by atoms with van der Waals surface area (Å²) in [6, 6.07) is 7.90. The molecule has 0 amide bonds. The third-order valence-corrected chi connectivity index (χ3v) is 8.16. The second-order valence-corrected chi connectivity index (χ2v) is 11.4. The van der Waals surface area contributed by atoms with Gasteiger partial charge in [-0.05, 0) is 69.9 Å². The van der Waals surface area contributed by atoms with Gasteiger partial charge in [0.1, 0.15) is 23.1 Å². The van der Waals surface area contributed by atoms with Crippen molar-refractivity contribution in [1.82, 2.24) is 24.4 Å². The van der Waals surface area contributed by atoms with E-state index in [1.165, 1.54) is 11.8 Å². The van der Waals surface area contributed by atoms with Crippen LogP contribution in [-0.2, 0) is 13.0 Å². The van der Waals surface area contributed by atoms with Gasteiger partial charge in [0, 0.05) is 47.8 Å². The van der Waals surface area contributed by atoms with E-state index in [1.54, 1.807) is 6.20 Å². The number of aromatic amines is 1. The van der Waals surface area contributed by atoms with Crippen LogP contribution < -0.4 is 16.1 Å². The molecule has 3 aromatic heterocycles. The molecule has 0 unspecified atom stereocenters. The van der Waals surface area contributed by atoms with Crippen LogP contribution in [0.15, 0.2) is 39.2 Å². The average molecular weight is 551 g/mol. The second kappa shape index (κ2) is 10.9. The van der Waals surface area contributed by atoms with Gasteiger partial charge in [0.25, 0.3) is 0 Å². The average Bonchev–Trinajstić information content (AvgIpc) is 3.47. The molecule has 11 heteroatoms.